The summed E-state index contributed by atoms with van der Waals surface area (Å²) >= 11 is 0. The predicted octanol–water partition coefficient (Wildman–Crippen LogP) is 3.71. The Bertz CT molecular complexity index is 412. The highest BCUT2D eigenvalue weighted by Gasteiger charge is 2.61. The molecule has 1 aromatic rings. The Labute approximate surface area is 104 Å². The summed E-state index contributed by atoms with van der Waals surface area (Å²) in [6.45, 7) is 7.36. The molecule has 2 bridgehead atoms. The van der Waals surface area contributed by atoms with E-state index in [4.69, 9.17) is 0 Å². The van der Waals surface area contributed by atoms with Gasteiger partial charge in [-0.05, 0) is 48.1 Å². The van der Waals surface area contributed by atoms with E-state index in [9.17, 15) is 0 Å². The highest BCUT2D eigenvalue weighted by molar-refractivity contribution is 5.37. The molecule has 0 aromatic carbocycles. The molecule has 1 N–H and O–H groups in total. The lowest BCUT2D eigenvalue weighted by molar-refractivity contribution is 0.142. The van der Waals surface area contributed by atoms with E-state index in [1.54, 1.807) is 0 Å². The second-order valence-electron chi connectivity index (χ2n) is 6.52. The van der Waals surface area contributed by atoms with Crippen LogP contribution in [0.4, 0.5) is 5.82 Å². The van der Waals surface area contributed by atoms with Crippen molar-refractivity contribution in [1.82, 2.24) is 4.98 Å². The minimum Gasteiger partial charge on any atom is -0.367 e. The van der Waals surface area contributed by atoms with Gasteiger partial charge in [0, 0.05) is 12.2 Å². The number of aromatic nitrogens is 1. The smallest absolute Gasteiger partial charge is 0.126 e. The standard InChI is InChI=1S/C15H22N2/c1-14(2)11-7-8-15(14,3)12(10-11)17-13-6-4-5-9-16-13/h4-6,9,11-12H,7-8,10H2,1-3H3,(H,16,17)/t11-,12?,15+/m1/s1. The Kier molecular flexibility index (Phi) is 2.26. The largest absolute Gasteiger partial charge is 0.367 e. The van der Waals surface area contributed by atoms with E-state index in [1.165, 1.54) is 19.3 Å². The van der Waals surface area contributed by atoms with E-state index < -0.39 is 0 Å². The Balaban J connectivity index is 1.83. The summed E-state index contributed by atoms with van der Waals surface area (Å²) in [4.78, 5) is 4.39. The summed E-state index contributed by atoms with van der Waals surface area (Å²) in [6.07, 6.45) is 5.93. The van der Waals surface area contributed by atoms with Crippen LogP contribution in [0.5, 0.6) is 0 Å². The van der Waals surface area contributed by atoms with Gasteiger partial charge in [-0.3, -0.25) is 0 Å². The lowest BCUT2D eigenvalue weighted by Crippen LogP contribution is -2.40. The number of rotatable bonds is 2. The molecular weight excluding hydrogens is 208 g/mol. The van der Waals surface area contributed by atoms with Crippen molar-refractivity contribution in [1.29, 1.82) is 0 Å². The van der Waals surface area contributed by atoms with Crippen LogP contribution in [0, 0.1) is 16.7 Å². The van der Waals surface area contributed by atoms with Gasteiger partial charge in [0.1, 0.15) is 5.82 Å². The van der Waals surface area contributed by atoms with Crippen molar-refractivity contribution >= 4 is 5.82 Å². The minimum absolute atomic E-state index is 0.426. The summed E-state index contributed by atoms with van der Waals surface area (Å²) < 4.78 is 0. The monoisotopic (exact) mass is 230 g/mol. The van der Waals surface area contributed by atoms with Gasteiger partial charge in [-0.25, -0.2) is 4.98 Å². The molecule has 3 rings (SSSR count). The molecule has 17 heavy (non-hydrogen) atoms. The molecule has 0 saturated heterocycles. The summed E-state index contributed by atoms with van der Waals surface area (Å²) in [5.41, 5.74) is 0.897. The number of anilines is 1. The molecule has 0 radical (unpaired) electrons. The Morgan fingerprint density at radius 1 is 1.29 bits per heavy atom. The third-order valence-corrected chi connectivity index (χ3v) is 5.78. The minimum atomic E-state index is 0.426. The first-order valence-electron chi connectivity index (χ1n) is 6.71. The molecular formula is C15H22N2. The highest BCUT2D eigenvalue weighted by atomic mass is 15.0. The van der Waals surface area contributed by atoms with E-state index in [0.717, 1.165) is 11.7 Å². The van der Waals surface area contributed by atoms with Gasteiger partial charge in [0.05, 0.1) is 0 Å². The van der Waals surface area contributed by atoms with Crippen LogP contribution < -0.4 is 5.32 Å². The number of nitrogens with zero attached hydrogens (tertiary/aromatic N) is 1. The Morgan fingerprint density at radius 3 is 2.65 bits per heavy atom. The van der Waals surface area contributed by atoms with E-state index in [1.807, 2.05) is 12.3 Å². The van der Waals surface area contributed by atoms with Crippen LogP contribution >= 0.6 is 0 Å². The fraction of sp³-hybridized carbons (Fsp3) is 0.667. The maximum absolute atomic E-state index is 4.39. The van der Waals surface area contributed by atoms with E-state index in [-0.39, 0.29) is 0 Å². The molecule has 1 unspecified atom stereocenters. The van der Waals surface area contributed by atoms with Crippen LogP contribution in [0.25, 0.3) is 0 Å². The molecule has 2 aliphatic carbocycles. The van der Waals surface area contributed by atoms with Gasteiger partial charge in [0.15, 0.2) is 0 Å². The van der Waals surface area contributed by atoms with E-state index in [2.05, 4.69) is 43.2 Å². The van der Waals surface area contributed by atoms with Crippen molar-refractivity contribution < 1.29 is 0 Å². The molecule has 1 heterocycles. The quantitative estimate of drug-likeness (QED) is 0.837. The van der Waals surface area contributed by atoms with Gasteiger partial charge < -0.3 is 5.32 Å². The SMILES string of the molecule is CC1(C)[C@@H]2CC[C@@]1(C)C(Nc1ccccn1)C2. The normalized spacial score (nSPS) is 38.3. The molecule has 0 aliphatic heterocycles. The summed E-state index contributed by atoms with van der Waals surface area (Å²) in [5, 5.41) is 3.66. The van der Waals surface area contributed by atoms with Crippen LogP contribution in [0.15, 0.2) is 24.4 Å². The average Bonchev–Trinajstić information content (AvgIpc) is 2.63. The van der Waals surface area contributed by atoms with Gasteiger partial charge in [0.2, 0.25) is 0 Å². The molecule has 2 saturated carbocycles. The first-order valence-corrected chi connectivity index (χ1v) is 6.71. The molecule has 0 spiro atoms. The molecule has 0 amide bonds. The van der Waals surface area contributed by atoms with Crippen molar-refractivity contribution in [3.63, 3.8) is 0 Å². The van der Waals surface area contributed by atoms with Crippen LogP contribution in [0.1, 0.15) is 40.0 Å². The summed E-state index contributed by atoms with van der Waals surface area (Å²) in [7, 11) is 0. The van der Waals surface area contributed by atoms with Gasteiger partial charge >= 0.3 is 0 Å². The molecule has 3 atom stereocenters. The van der Waals surface area contributed by atoms with Crippen molar-refractivity contribution in [2.24, 2.45) is 16.7 Å². The Morgan fingerprint density at radius 2 is 2.12 bits per heavy atom. The van der Waals surface area contributed by atoms with Gasteiger partial charge in [-0.15, -0.1) is 0 Å². The van der Waals surface area contributed by atoms with Gasteiger partial charge in [-0.2, -0.15) is 0 Å². The third kappa shape index (κ3) is 1.42. The van der Waals surface area contributed by atoms with Crippen molar-refractivity contribution in [2.45, 2.75) is 46.1 Å². The zero-order chi connectivity index (χ0) is 12.1. The van der Waals surface area contributed by atoms with Crippen molar-refractivity contribution in [2.75, 3.05) is 5.32 Å². The number of hydrogen-bond acceptors (Lipinski definition) is 2. The summed E-state index contributed by atoms with van der Waals surface area (Å²) in [6, 6.07) is 6.68. The number of hydrogen-bond donors (Lipinski definition) is 1. The van der Waals surface area contributed by atoms with Crippen LogP contribution in [-0.4, -0.2) is 11.0 Å². The van der Waals surface area contributed by atoms with Crippen LogP contribution in [-0.2, 0) is 0 Å². The lowest BCUT2D eigenvalue weighted by atomic mass is 9.69. The summed E-state index contributed by atoms with van der Waals surface area (Å²) in [5.74, 6) is 1.91. The molecule has 2 heteroatoms. The average molecular weight is 230 g/mol. The van der Waals surface area contributed by atoms with Crippen molar-refractivity contribution in [3.8, 4) is 0 Å². The predicted molar refractivity (Wildman–Crippen MR) is 70.9 cm³/mol. The zero-order valence-electron chi connectivity index (χ0n) is 11.0. The molecule has 2 nitrogen and oxygen atoms in total. The topological polar surface area (TPSA) is 24.9 Å². The van der Waals surface area contributed by atoms with Crippen molar-refractivity contribution in [3.05, 3.63) is 24.4 Å². The second-order valence-corrected chi connectivity index (χ2v) is 6.52. The molecule has 1 aromatic heterocycles. The Hall–Kier alpha value is -1.05. The number of fused-ring (bicyclic) bond motifs is 2. The maximum Gasteiger partial charge on any atom is 0.126 e. The van der Waals surface area contributed by atoms with Gasteiger partial charge in [-0.1, -0.05) is 26.8 Å². The number of pyridine rings is 1. The first-order chi connectivity index (χ1) is 8.04. The molecule has 2 fully saturated rings. The maximum atomic E-state index is 4.39. The fourth-order valence-electron chi connectivity index (χ4n) is 4.05. The van der Waals surface area contributed by atoms with Crippen LogP contribution in [0.2, 0.25) is 0 Å². The molecule has 2 aliphatic rings. The van der Waals surface area contributed by atoms with E-state index >= 15 is 0 Å². The lowest BCUT2D eigenvalue weighted by Gasteiger charge is -2.39. The zero-order valence-corrected chi connectivity index (χ0v) is 11.0. The fourth-order valence-corrected chi connectivity index (χ4v) is 4.05. The van der Waals surface area contributed by atoms with Crippen LogP contribution in [0.3, 0.4) is 0 Å². The second kappa shape index (κ2) is 3.47. The molecule has 92 valence electrons. The number of nitrogens with one attached hydrogen (secondary N) is 1. The highest BCUT2D eigenvalue weighted by Crippen LogP contribution is 2.65. The first kappa shape index (κ1) is 11.1. The third-order valence-electron chi connectivity index (χ3n) is 5.78. The van der Waals surface area contributed by atoms with Gasteiger partial charge in [0.25, 0.3) is 0 Å². The van der Waals surface area contributed by atoms with E-state index in [0.29, 0.717) is 16.9 Å².